The van der Waals surface area contributed by atoms with Gasteiger partial charge < -0.3 is 4.98 Å². The van der Waals surface area contributed by atoms with Crippen molar-refractivity contribution in [3.63, 3.8) is 0 Å². The van der Waals surface area contributed by atoms with Crippen molar-refractivity contribution in [3.05, 3.63) is 47.3 Å². The van der Waals surface area contributed by atoms with Crippen LogP contribution in [0.5, 0.6) is 0 Å². The summed E-state index contributed by atoms with van der Waals surface area (Å²) in [6.45, 7) is 2.18. The van der Waals surface area contributed by atoms with Gasteiger partial charge in [0, 0.05) is 17.5 Å². The maximum absolute atomic E-state index is 3.37. The van der Waals surface area contributed by atoms with Gasteiger partial charge in [0.05, 0.1) is 0 Å². The van der Waals surface area contributed by atoms with E-state index in [-0.39, 0.29) is 0 Å². The first kappa shape index (κ1) is 7.86. The van der Waals surface area contributed by atoms with Crippen LogP contribution >= 0.6 is 0 Å². The predicted molar refractivity (Wildman–Crippen MR) is 58.4 cm³/mol. The summed E-state index contributed by atoms with van der Waals surface area (Å²) in [5.74, 6) is 0. The van der Waals surface area contributed by atoms with Gasteiger partial charge >= 0.3 is 0 Å². The quantitative estimate of drug-likeness (QED) is 0.646. The van der Waals surface area contributed by atoms with Crippen molar-refractivity contribution < 1.29 is 0 Å². The molecule has 1 aromatic carbocycles. The molecule has 0 saturated carbocycles. The van der Waals surface area contributed by atoms with E-state index >= 15 is 0 Å². The van der Waals surface area contributed by atoms with E-state index in [0.717, 1.165) is 6.42 Å². The van der Waals surface area contributed by atoms with Crippen LogP contribution in [0.4, 0.5) is 0 Å². The zero-order valence-electron chi connectivity index (χ0n) is 8.30. The molecule has 0 radical (unpaired) electrons. The van der Waals surface area contributed by atoms with Crippen LogP contribution in [0.15, 0.2) is 30.5 Å². The Morgan fingerprint density at radius 2 is 2.00 bits per heavy atom. The van der Waals surface area contributed by atoms with Crippen molar-refractivity contribution in [2.75, 3.05) is 0 Å². The minimum absolute atomic E-state index is 1.15. The van der Waals surface area contributed by atoms with Crippen LogP contribution in [0.3, 0.4) is 0 Å². The minimum atomic E-state index is 1.15. The fourth-order valence-electron chi connectivity index (χ4n) is 2.39. The SMILES string of the molecule is Cc1c[nH]c2c1-c1ccccc1CC2. The topological polar surface area (TPSA) is 15.8 Å². The number of rotatable bonds is 0. The molecule has 0 amide bonds. The number of hydrogen-bond donors (Lipinski definition) is 1. The molecular formula is C13H13N. The van der Waals surface area contributed by atoms with Crippen molar-refractivity contribution in [1.82, 2.24) is 4.98 Å². The monoisotopic (exact) mass is 183 g/mol. The number of nitrogens with one attached hydrogen (secondary N) is 1. The molecule has 0 unspecified atom stereocenters. The molecule has 3 rings (SSSR count). The molecule has 0 fully saturated rings. The van der Waals surface area contributed by atoms with Gasteiger partial charge in [-0.2, -0.15) is 0 Å². The largest absolute Gasteiger partial charge is 0.364 e. The molecule has 70 valence electrons. The van der Waals surface area contributed by atoms with E-state index in [2.05, 4.69) is 42.4 Å². The van der Waals surface area contributed by atoms with Crippen LogP contribution in [0.2, 0.25) is 0 Å². The Kier molecular flexibility index (Phi) is 1.54. The van der Waals surface area contributed by atoms with E-state index in [1.165, 1.54) is 34.4 Å². The number of fused-ring (bicyclic) bond motifs is 3. The molecule has 0 bridgehead atoms. The third kappa shape index (κ3) is 0.955. The van der Waals surface area contributed by atoms with Crippen LogP contribution in [-0.2, 0) is 12.8 Å². The predicted octanol–water partition coefficient (Wildman–Crippen LogP) is 3.09. The third-order valence-electron chi connectivity index (χ3n) is 3.09. The summed E-state index contributed by atoms with van der Waals surface area (Å²) in [7, 11) is 0. The standard InChI is InChI=1S/C13H13N/c1-9-8-14-12-7-6-10-4-2-3-5-11(10)13(9)12/h2-5,8,14H,6-7H2,1H3. The Bertz CT molecular complexity index is 480. The Hall–Kier alpha value is -1.50. The van der Waals surface area contributed by atoms with E-state index in [1.807, 2.05) is 0 Å². The van der Waals surface area contributed by atoms with Crippen molar-refractivity contribution in [2.45, 2.75) is 19.8 Å². The Balaban J connectivity index is 2.32. The van der Waals surface area contributed by atoms with E-state index in [1.54, 1.807) is 0 Å². The average molecular weight is 183 g/mol. The molecule has 1 aliphatic carbocycles. The zero-order chi connectivity index (χ0) is 9.54. The molecule has 1 heteroatoms. The number of hydrogen-bond acceptors (Lipinski definition) is 0. The van der Waals surface area contributed by atoms with Crippen LogP contribution in [0.25, 0.3) is 11.1 Å². The van der Waals surface area contributed by atoms with Gasteiger partial charge in [-0.05, 0) is 36.5 Å². The second-order valence-electron chi connectivity index (χ2n) is 3.98. The summed E-state index contributed by atoms with van der Waals surface area (Å²) in [4.78, 5) is 3.37. The van der Waals surface area contributed by atoms with Gasteiger partial charge in [0.1, 0.15) is 0 Å². The number of aryl methyl sites for hydroxylation is 3. The fraction of sp³-hybridized carbons (Fsp3) is 0.231. The molecule has 1 aromatic heterocycles. The molecule has 1 aliphatic rings. The highest BCUT2D eigenvalue weighted by atomic mass is 14.7. The first-order valence-electron chi connectivity index (χ1n) is 5.11. The number of benzene rings is 1. The van der Waals surface area contributed by atoms with Gasteiger partial charge in [-0.25, -0.2) is 0 Å². The third-order valence-corrected chi connectivity index (χ3v) is 3.09. The highest BCUT2D eigenvalue weighted by Gasteiger charge is 2.17. The highest BCUT2D eigenvalue weighted by molar-refractivity contribution is 5.74. The van der Waals surface area contributed by atoms with E-state index in [4.69, 9.17) is 0 Å². The van der Waals surface area contributed by atoms with Gasteiger partial charge in [-0.1, -0.05) is 24.3 Å². The first-order valence-corrected chi connectivity index (χ1v) is 5.11. The normalized spacial score (nSPS) is 13.5. The highest BCUT2D eigenvalue weighted by Crippen LogP contribution is 2.34. The van der Waals surface area contributed by atoms with Crippen LogP contribution in [0.1, 0.15) is 16.8 Å². The fourth-order valence-corrected chi connectivity index (χ4v) is 2.39. The molecule has 1 N–H and O–H groups in total. The number of aromatic nitrogens is 1. The molecule has 0 saturated heterocycles. The van der Waals surface area contributed by atoms with Gasteiger partial charge in [0.2, 0.25) is 0 Å². The van der Waals surface area contributed by atoms with Crippen LogP contribution in [-0.4, -0.2) is 4.98 Å². The second-order valence-corrected chi connectivity index (χ2v) is 3.98. The van der Waals surface area contributed by atoms with Crippen LogP contribution in [0, 0.1) is 6.92 Å². The summed E-state index contributed by atoms with van der Waals surface area (Å²) >= 11 is 0. The zero-order valence-corrected chi connectivity index (χ0v) is 8.30. The molecule has 1 nitrogen and oxygen atoms in total. The molecule has 2 aromatic rings. The molecule has 14 heavy (non-hydrogen) atoms. The van der Waals surface area contributed by atoms with Crippen molar-refractivity contribution in [1.29, 1.82) is 0 Å². The van der Waals surface area contributed by atoms with Gasteiger partial charge in [0.15, 0.2) is 0 Å². The lowest BCUT2D eigenvalue weighted by molar-refractivity contribution is 0.910. The van der Waals surface area contributed by atoms with Gasteiger partial charge in [-0.15, -0.1) is 0 Å². The maximum atomic E-state index is 3.37. The molecule has 1 heterocycles. The summed E-state index contributed by atoms with van der Waals surface area (Å²) < 4.78 is 0. The maximum Gasteiger partial charge on any atom is 0.0232 e. The van der Waals surface area contributed by atoms with Gasteiger partial charge in [0.25, 0.3) is 0 Å². The Morgan fingerprint density at radius 1 is 1.14 bits per heavy atom. The van der Waals surface area contributed by atoms with Gasteiger partial charge in [-0.3, -0.25) is 0 Å². The summed E-state index contributed by atoms with van der Waals surface area (Å²) in [6.07, 6.45) is 4.44. The van der Waals surface area contributed by atoms with E-state index in [9.17, 15) is 0 Å². The number of H-pyrrole nitrogens is 1. The van der Waals surface area contributed by atoms with Crippen LogP contribution < -0.4 is 0 Å². The van der Waals surface area contributed by atoms with E-state index < -0.39 is 0 Å². The Morgan fingerprint density at radius 3 is 2.93 bits per heavy atom. The summed E-state index contributed by atoms with van der Waals surface area (Å²) in [6, 6.07) is 8.73. The molecule has 0 aliphatic heterocycles. The molecule has 0 atom stereocenters. The smallest absolute Gasteiger partial charge is 0.0232 e. The summed E-state index contributed by atoms with van der Waals surface area (Å²) in [5.41, 5.74) is 7.12. The minimum Gasteiger partial charge on any atom is -0.364 e. The lowest BCUT2D eigenvalue weighted by Gasteiger charge is -2.16. The molecule has 0 spiro atoms. The van der Waals surface area contributed by atoms with E-state index in [0.29, 0.717) is 0 Å². The molecular weight excluding hydrogens is 170 g/mol. The number of aromatic amines is 1. The van der Waals surface area contributed by atoms with Crippen molar-refractivity contribution >= 4 is 0 Å². The van der Waals surface area contributed by atoms with Crippen molar-refractivity contribution in [3.8, 4) is 11.1 Å². The van der Waals surface area contributed by atoms with Crippen molar-refractivity contribution in [2.24, 2.45) is 0 Å². The Labute approximate surface area is 83.8 Å². The average Bonchev–Trinajstić information content (AvgIpc) is 2.61. The first-order chi connectivity index (χ1) is 6.86. The summed E-state index contributed by atoms with van der Waals surface area (Å²) in [5, 5.41) is 0. The second kappa shape index (κ2) is 2.74. The lowest BCUT2D eigenvalue weighted by atomic mass is 9.88. The lowest BCUT2D eigenvalue weighted by Crippen LogP contribution is -2.02.